The van der Waals surface area contributed by atoms with Crippen LogP contribution in [0.1, 0.15) is 25.2 Å². The molecule has 1 aromatic carbocycles. The van der Waals surface area contributed by atoms with E-state index in [0.29, 0.717) is 11.6 Å². The fourth-order valence-electron chi connectivity index (χ4n) is 2.96. The maximum Gasteiger partial charge on any atom is 0.209 e. The second kappa shape index (κ2) is 5.81. The van der Waals surface area contributed by atoms with Gasteiger partial charge in [0.05, 0.1) is 6.54 Å². The van der Waals surface area contributed by atoms with Crippen LogP contribution in [-0.4, -0.2) is 34.7 Å². The number of anilines is 1. The van der Waals surface area contributed by atoms with Gasteiger partial charge in [-0.2, -0.15) is 0 Å². The summed E-state index contributed by atoms with van der Waals surface area (Å²) in [6.45, 7) is 3.10. The Morgan fingerprint density at radius 2 is 2.35 bits per heavy atom. The van der Waals surface area contributed by atoms with E-state index in [1.807, 2.05) is 18.2 Å². The first-order valence-electron chi connectivity index (χ1n) is 7.23. The fourth-order valence-corrected chi connectivity index (χ4v) is 2.96. The summed E-state index contributed by atoms with van der Waals surface area (Å²) in [6.07, 6.45) is 3.28. The highest BCUT2D eigenvalue weighted by atomic mass is 16.3. The van der Waals surface area contributed by atoms with Gasteiger partial charge in [0.1, 0.15) is 5.52 Å². The molecule has 3 rings (SSSR count). The van der Waals surface area contributed by atoms with Gasteiger partial charge in [0.2, 0.25) is 5.89 Å². The lowest BCUT2D eigenvalue weighted by molar-refractivity contribution is 0.134. The summed E-state index contributed by atoms with van der Waals surface area (Å²) in [5.74, 6) is 1.34. The van der Waals surface area contributed by atoms with E-state index in [2.05, 4.69) is 9.88 Å². The van der Waals surface area contributed by atoms with Crippen LogP contribution in [0.5, 0.6) is 0 Å². The van der Waals surface area contributed by atoms with Gasteiger partial charge in [0, 0.05) is 18.8 Å². The van der Waals surface area contributed by atoms with Crippen molar-refractivity contribution in [3.8, 4) is 0 Å². The summed E-state index contributed by atoms with van der Waals surface area (Å²) in [5.41, 5.74) is 8.07. The normalized spacial score (nSPS) is 20.6. The topological polar surface area (TPSA) is 75.5 Å². The number of aliphatic hydroxyl groups is 1. The highest BCUT2D eigenvalue weighted by Gasteiger charge is 2.21. The molecule has 0 saturated carbocycles. The number of fused-ring (bicyclic) bond motifs is 1. The van der Waals surface area contributed by atoms with Crippen molar-refractivity contribution < 1.29 is 9.52 Å². The van der Waals surface area contributed by atoms with Crippen molar-refractivity contribution >= 4 is 16.8 Å². The molecular weight excluding hydrogens is 254 g/mol. The summed E-state index contributed by atoms with van der Waals surface area (Å²) < 4.78 is 5.76. The van der Waals surface area contributed by atoms with Crippen molar-refractivity contribution in [1.29, 1.82) is 0 Å². The first kappa shape index (κ1) is 13.4. The van der Waals surface area contributed by atoms with Crippen molar-refractivity contribution in [2.24, 2.45) is 5.92 Å². The number of piperidine rings is 1. The molecule has 20 heavy (non-hydrogen) atoms. The van der Waals surface area contributed by atoms with E-state index in [9.17, 15) is 0 Å². The number of oxazole rings is 1. The van der Waals surface area contributed by atoms with Gasteiger partial charge in [-0.3, -0.25) is 4.90 Å². The Balaban J connectivity index is 1.69. The monoisotopic (exact) mass is 275 g/mol. The molecule has 5 heteroatoms. The average Bonchev–Trinajstić information content (AvgIpc) is 2.81. The van der Waals surface area contributed by atoms with Gasteiger partial charge in [0.15, 0.2) is 5.58 Å². The summed E-state index contributed by atoms with van der Waals surface area (Å²) in [7, 11) is 0. The molecule has 2 aromatic rings. The van der Waals surface area contributed by atoms with E-state index in [0.717, 1.165) is 43.0 Å². The quantitative estimate of drug-likeness (QED) is 0.835. The number of rotatable bonds is 4. The number of nitrogens with two attached hydrogens (primary N) is 1. The van der Waals surface area contributed by atoms with Crippen molar-refractivity contribution in [2.45, 2.75) is 25.8 Å². The maximum atomic E-state index is 9.05. The number of likely N-dealkylation sites (tertiary alicyclic amines) is 1. The van der Waals surface area contributed by atoms with E-state index in [1.54, 1.807) is 0 Å². The zero-order valence-corrected chi connectivity index (χ0v) is 11.6. The van der Waals surface area contributed by atoms with Crippen LogP contribution in [-0.2, 0) is 6.54 Å². The van der Waals surface area contributed by atoms with Gasteiger partial charge in [0.25, 0.3) is 0 Å². The predicted octanol–water partition coefficient (Wildman–Crippen LogP) is 2.00. The molecule has 1 aliphatic rings. The van der Waals surface area contributed by atoms with Crippen molar-refractivity contribution in [3.63, 3.8) is 0 Å². The molecule has 0 aliphatic carbocycles. The van der Waals surface area contributed by atoms with Gasteiger partial charge in [-0.25, -0.2) is 4.98 Å². The number of hydrogen-bond donors (Lipinski definition) is 2. The van der Waals surface area contributed by atoms with Crippen LogP contribution in [0.2, 0.25) is 0 Å². The molecule has 1 saturated heterocycles. The lowest BCUT2D eigenvalue weighted by Crippen LogP contribution is -2.35. The smallest absolute Gasteiger partial charge is 0.209 e. The van der Waals surface area contributed by atoms with Gasteiger partial charge in [-0.05, 0) is 49.9 Å². The number of benzene rings is 1. The standard InChI is InChI=1S/C15H21N3O2/c16-12-3-4-14-13(8-12)17-15(20-14)10-18-6-1-2-11(9-18)5-7-19/h3-4,8,11,19H,1-2,5-7,9-10,16H2. The number of aliphatic hydroxyl groups excluding tert-OH is 1. The van der Waals surface area contributed by atoms with Crippen molar-refractivity contribution in [3.05, 3.63) is 24.1 Å². The molecule has 1 atom stereocenters. The summed E-state index contributed by atoms with van der Waals surface area (Å²) >= 11 is 0. The van der Waals surface area contributed by atoms with Gasteiger partial charge in [-0.15, -0.1) is 0 Å². The Kier molecular flexibility index (Phi) is 3.89. The first-order chi connectivity index (χ1) is 9.74. The minimum atomic E-state index is 0.278. The SMILES string of the molecule is Nc1ccc2oc(CN3CCCC(CCO)C3)nc2c1. The molecule has 3 N–H and O–H groups in total. The van der Waals surface area contributed by atoms with Crippen LogP contribution >= 0.6 is 0 Å². The predicted molar refractivity (Wildman–Crippen MR) is 78.1 cm³/mol. The maximum absolute atomic E-state index is 9.05. The van der Waals surface area contributed by atoms with E-state index in [-0.39, 0.29) is 6.61 Å². The molecule has 1 fully saturated rings. The zero-order chi connectivity index (χ0) is 13.9. The minimum Gasteiger partial charge on any atom is -0.439 e. The van der Waals surface area contributed by atoms with Gasteiger partial charge < -0.3 is 15.3 Å². The highest BCUT2D eigenvalue weighted by Crippen LogP contribution is 2.23. The molecule has 1 aromatic heterocycles. The Bertz CT molecular complexity index is 580. The molecule has 0 bridgehead atoms. The summed E-state index contributed by atoms with van der Waals surface area (Å²) in [4.78, 5) is 6.86. The number of aromatic nitrogens is 1. The Morgan fingerprint density at radius 3 is 3.20 bits per heavy atom. The largest absolute Gasteiger partial charge is 0.439 e. The molecular formula is C15H21N3O2. The summed E-state index contributed by atoms with van der Waals surface area (Å²) in [5, 5.41) is 9.05. The van der Waals surface area contributed by atoms with Crippen LogP contribution < -0.4 is 5.73 Å². The van der Waals surface area contributed by atoms with Crippen molar-refractivity contribution in [1.82, 2.24) is 9.88 Å². The zero-order valence-electron chi connectivity index (χ0n) is 11.6. The van der Waals surface area contributed by atoms with Crippen LogP contribution in [0.3, 0.4) is 0 Å². The van der Waals surface area contributed by atoms with Crippen LogP contribution in [0.15, 0.2) is 22.6 Å². The van der Waals surface area contributed by atoms with Crippen molar-refractivity contribution in [2.75, 3.05) is 25.4 Å². The van der Waals surface area contributed by atoms with E-state index in [4.69, 9.17) is 15.3 Å². The number of nitrogens with zero attached hydrogens (tertiary/aromatic N) is 2. The number of nitrogen functional groups attached to an aromatic ring is 1. The van der Waals surface area contributed by atoms with E-state index >= 15 is 0 Å². The molecule has 2 heterocycles. The average molecular weight is 275 g/mol. The lowest BCUT2D eigenvalue weighted by atomic mass is 9.95. The van der Waals surface area contributed by atoms with Crippen LogP contribution in [0.4, 0.5) is 5.69 Å². The van der Waals surface area contributed by atoms with Crippen LogP contribution in [0, 0.1) is 5.92 Å². The third kappa shape index (κ3) is 2.94. The van der Waals surface area contributed by atoms with E-state index in [1.165, 1.54) is 12.8 Å². The molecule has 0 spiro atoms. The van der Waals surface area contributed by atoms with Gasteiger partial charge >= 0.3 is 0 Å². The lowest BCUT2D eigenvalue weighted by Gasteiger charge is -2.31. The minimum absolute atomic E-state index is 0.278. The van der Waals surface area contributed by atoms with Crippen LogP contribution in [0.25, 0.3) is 11.1 Å². The molecule has 0 amide bonds. The second-order valence-electron chi connectivity index (χ2n) is 5.59. The third-order valence-corrected chi connectivity index (χ3v) is 3.96. The highest BCUT2D eigenvalue weighted by molar-refractivity contribution is 5.76. The molecule has 1 unspecified atom stereocenters. The number of hydrogen-bond acceptors (Lipinski definition) is 5. The fraction of sp³-hybridized carbons (Fsp3) is 0.533. The molecule has 0 radical (unpaired) electrons. The molecule has 5 nitrogen and oxygen atoms in total. The Labute approximate surface area is 118 Å². The molecule has 1 aliphatic heterocycles. The Morgan fingerprint density at radius 1 is 1.45 bits per heavy atom. The molecule has 108 valence electrons. The summed E-state index contributed by atoms with van der Waals surface area (Å²) in [6, 6.07) is 5.54. The van der Waals surface area contributed by atoms with Gasteiger partial charge in [-0.1, -0.05) is 0 Å². The first-order valence-corrected chi connectivity index (χ1v) is 7.23. The second-order valence-corrected chi connectivity index (χ2v) is 5.59. The third-order valence-electron chi connectivity index (χ3n) is 3.96. The van der Waals surface area contributed by atoms with E-state index < -0.39 is 0 Å². The Hall–Kier alpha value is -1.59.